The smallest absolute Gasteiger partial charge is 0.237 e. The predicted octanol–water partition coefficient (Wildman–Crippen LogP) is 0.882. The summed E-state index contributed by atoms with van der Waals surface area (Å²) in [6.45, 7) is 0.181. The SMILES string of the molecule is COc1cc2c(cc1[C]=O)OCO2. The van der Waals surface area contributed by atoms with Gasteiger partial charge in [-0.25, -0.2) is 0 Å². The van der Waals surface area contributed by atoms with E-state index in [1.54, 1.807) is 18.4 Å². The van der Waals surface area contributed by atoms with Gasteiger partial charge in [-0.2, -0.15) is 0 Å². The van der Waals surface area contributed by atoms with E-state index in [1.807, 2.05) is 0 Å². The van der Waals surface area contributed by atoms with Gasteiger partial charge in [-0.05, 0) is 6.07 Å². The Morgan fingerprint density at radius 2 is 2.08 bits per heavy atom. The molecule has 0 aliphatic carbocycles. The van der Waals surface area contributed by atoms with Crippen molar-refractivity contribution in [3.8, 4) is 17.2 Å². The fraction of sp³-hybridized carbons (Fsp3) is 0.222. The zero-order valence-electron chi connectivity index (χ0n) is 6.99. The molecule has 67 valence electrons. The largest absolute Gasteiger partial charge is 0.496 e. The minimum atomic E-state index is 0.181. The number of carbonyl (C=O) groups excluding carboxylic acids is 1. The van der Waals surface area contributed by atoms with Crippen LogP contribution in [-0.4, -0.2) is 20.2 Å². The van der Waals surface area contributed by atoms with Crippen LogP contribution in [0.2, 0.25) is 0 Å². The minimum Gasteiger partial charge on any atom is -0.496 e. The predicted molar refractivity (Wildman–Crippen MR) is 43.9 cm³/mol. The number of benzene rings is 1. The Morgan fingerprint density at radius 3 is 2.69 bits per heavy atom. The fourth-order valence-corrected chi connectivity index (χ4v) is 1.17. The summed E-state index contributed by atoms with van der Waals surface area (Å²) in [5.74, 6) is 1.59. The van der Waals surface area contributed by atoms with Crippen LogP contribution < -0.4 is 14.2 Å². The molecular formula is C9H7O4. The molecule has 1 radical (unpaired) electrons. The van der Waals surface area contributed by atoms with Crippen LogP contribution in [0.15, 0.2) is 12.1 Å². The van der Waals surface area contributed by atoms with Crippen molar-refractivity contribution in [3.05, 3.63) is 17.7 Å². The Balaban J connectivity index is 2.53. The minimum absolute atomic E-state index is 0.181. The Morgan fingerprint density at radius 1 is 1.38 bits per heavy atom. The summed E-state index contributed by atoms with van der Waals surface area (Å²) in [5.41, 5.74) is 0.340. The van der Waals surface area contributed by atoms with Crippen molar-refractivity contribution in [2.75, 3.05) is 13.9 Å². The monoisotopic (exact) mass is 179 g/mol. The van der Waals surface area contributed by atoms with Gasteiger partial charge >= 0.3 is 0 Å². The first-order chi connectivity index (χ1) is 6.35. The van der Waals surface area contributed by atoms with Gasteiger partial charge in [-0.15, -0.1) is 0 Å². The third-order valence-corrected chi connectivity index (χ3v) is 1.80. The van der Waals surface area contributed by atoms with E-state index in [0.717, 1.165) is 0 Å². The van der Waals surface area contributed by atoms with Gasteiger partial charge in [0.05, 0.1) is 12.7 Å². The first kappa shape index (κ1) is 7.91. The Hall–Kier alpha value is -1.71. The summed E-state index contributed by atoms with van der Waals surface area (Å²) in [4.78, 5) is 10.5. The van der Waals surface area contributed by atoms with Gasteiger partial charge in [0.1, 0.15) is 5.75 Å². The molecule has 1 aliphatic rings. The molecule has 0 amide bonds. The zero-order valence-corrected chi connectivity index (χ0v) is 6.99. The standard InChI is InChI=1S/C9H7O4/c1-11-7-3-9-8(12-5-13-9)2-6(7)4-10/h2-3H,5H2,1H3. The van der Waals surface area contributed by atoms with Crippen LogP contribution in [-0.2, 0) is 4.79 Å². The molecule has 4 heteroatoms. The first-order valence-electron chi connectivity index (χ1n) is 3.71. The van der Waals surface area contributed by atoms with E-state index >= 15 is 0 Å². The molecule has 0 bridgehead atoms. The highest BCUT2D eigenvalue weighted by Crippen LogP contribution is 2.37. The summed E-state index contributed by atoms with van der Waals surface area (Å²) in [6.07, 6.45) is 1.77. The maximum Gasteiger partial charge on any atom is 0.237 e. The van der Waals surface area contributed by atoms with Gasteiger partial charge in [0, 0.05) is 6.07 Å². The number of fused-ring (bicyclic) bond motifs is 1. The molecular weight excluding hydrogens is 172 g/mol. The van der Waals surface area contributed by atoms with Crippen LogP contribution in [0.1, 0.15) is 5.56 Å². The molecule has 0 spiro atoms. The summed E-state index contributed by atoms with van der Waals surface area (Å²) in [6, 6.07) is 3.16. The maximum absolute atomic E-state index is 10.5. The lowest BCUT2D eigenvalue weighted by Gasteiger charge is -2.03. The summed E-state index contributed by atoms with van der Waals surface area (Å²) < 4.78 is 15.2. The van der Waals surface area contributed by atoms with Gasteiger partial charge in [-0.3, -0.25) is 4.79 Å². The Labute approximate surface area is 75.0 Å². The van der Waals surface area contributed by atoms with Crippen LogP contribution in [0.25, 0.3) is 0 Å². The van der Waals surface area contributed by atoms with Crippen molar-refractivity contribution in [3.63, 3.8) is 0 Å². The fourth-order valence-electron chi connectivity index (χ4n) is 1.17. The third-order valence-electron chi connectivity index (χ3n) is 1.80. The number of ether oxygens (including phenoxy) is 3. The van der Waals surface area contributed by atoms with E-state index in [9.17, 15) is 4.79 Å². The van der Waals surface area contributed by atoms with Crippen molar-refractivity contribution >= 4 is 6.29 Å². The highest BCUT2D eigenvalue weighted by molar-refractivity contribution is 5.81. The van der Waals surface area contributed by atoms with E-state index in [0.29, 0.717) is 22.8 Å². The molecule has 0 unspecified atom stereocenters. The number of hydrogen-bond acceptors (Lipinski definition) is 4. The van der Waals surface area contributed by atoms with Gasteiger partial charge < -0.3 is 14.2 Å². The van der Waals surface area contributed by atoms with E-state index in [1.165, 1.54) is 7.11 Å². The van der Waals surface area contributed by atoms with Gasteiger partial charge in [0.25, 0.3) is 0 Å². The second-order valence-electron chi connectivity index (χ2n) is 2.51. The molecule has 0 fully saturated rings. The molecule has 0 atom stereocenters. The van der Waals surface area contributed by atoms with Crippen molar-refractivity contribution < 1.29 is 19.0 Å². The molecule has 0 aromatic heterocycles. The van der Waals surface area contributed by atoms with E-state index in [2.05, 4.69) is 0 Å². The second-order valence-corrected chi connectivity index (χ2v) is 2.51. The average Bonchev–Trinajstić information content (AvgIpc) is 2.62. The molecule has 0 saturated carbocycles. The second kappa shape index (κ2) is 2.97. The number of hydrogen-bond donors (Lipinski definition) is 0. The lowest BCUT2D eigenvalue weighted by atomic mass is 10.2. The molecule has 2 rings (SSSR count). The number of methoxy groups -OCH3 is 1. The lowest BCUT2D eigenvalue weighted by molar-refractivity contribution is 0.174. The topological polar surface area (TPSA) is 44.8 Å². The third kappa shape index (κ3) is 1.20. The summed E-state index contributed by atoms with van der Waals surface area (Å²) >= 11 is 0. The normalized spacial score (nSPS) is 12.7. The van der Waals surface area contributed by atoms with E-state index < -0.39 is 0 Å². The van der Waals surface area contributed by atoms with Gasteiger partial charge in [-0.1, -0.05) is 0 Å². The van der Waals surface area contributed by atoms with Crippen molar-refractivity contribution in [2.24, 2.45) is 0 Å². The average molecular weight is 179 g/mol. The molecule has 0 saturated heterocycles. The number of rotatable bonds is 2. The maximum atomic E-state index is 10.5. The van der Waals surface area contributed by atoms with Crippen LogP contribution in [0.5, 0.6) is 17.2 Å². The van der Waals surface area contributed by atoms with Crippen molar-refractivity contribution in [1.29, 1.82) is 0 Å². The van der Waals surface area contributed by atoms with Gasteiger partial charge in [0.15, 0.2) is 11.5 Å². The van der Waals surface area contributed by atoms with Crippen LogP contribution in [0, 0.1) is 0 Å². The Bertz CT molecular complexity index is 346. The van der Waals surface area contributed by atoms with Crippen molar-refractivity contribution in [1.82, 2.24) is 0 Å². The van der Waals surface area contributed by atoms with E-state index in [4.69, 9.17) is 14.2 Å². The Kier molecular flexibility index (Phi) is 1.81. The first-order valence-corrected chi connectivity index (χ1v) is 3.71. The molecule has 0 N–H and O–H groups in total. The molecule has 1 aliphatic heterocycles. The van der Waals surface area contributed by atoms with Crippen LogP contribution in [0.4, 0.5) is 0 Å². The molecule has 13 heavy (non-hydrogen) atoms. The summed E-state index contributed by atoms with van der Waals surface area (Å²) in [5, 5.41) is 0. The van der Waals surface area contributed by atoms with Crippen molar-refractivity contribution in [2.45, 2.75) is 0 Å². The van der Waals surface area contributed by atoms with Crippen LogP contribution >= 0.6 is 0 Å². The van der Waals surface area contributed by atoms with E-state index in [-0.39, 0.29) is 6.79 Å². The molecule has 1 aromatic rings. The molecule has 1 aromatic carbocycles. The highest BCUT2D eigenvalue weighted by atomic mass is 16.7. The summed E-state index contributed by atoms with van der Waals surface area (Å²) in [7, 11) is 1.48. The molecule has 1 heterocycles. The zero-order chi connectivity index (χ0) is 9.26. The lowest BCUT2D eigenvalue weighted by Crippen LogP contribution is -1.92. The highest BCUT2D eigenvalue weighted by Gasteiger charge is 2.17. The quantitative estimate of drug-likeness (QED) is 0.676. The van der Waals surface area contributed by atoms with Crippen LogP contribution in [0.3, 0.4) is 0 Å². The molecule has 4 nitrogen and oxygen atoms in total. The van der Waals surface area contributed by atoms with Gasteiger partial charge in [0.2, 0.25) is 13.1 Å².